The maximum absolute atomic E-state index is 13.8. The lowest BCUT2D eigenvalue weighted by molar-refractivity contribution is -0.161. The summed E-state index contributed by atoms with van der Waals surface area (Å²) in [6.45, 7) is 3.22. The predicted molar refractivity (Wildman–Crippen MR) is 106 cm³/mol. The normalized spacial score (nSPS) is 13.5. The second kappa shape index (κ2) is 10.4. The van der Waals surface area contributed by atoms with Crippen LogP contribution in [-0.4, -0.2) is 24.7 Å². The van der Waals surface area contributed by atoms with Gasteiger partial charge in [0.05, 0.1) is 12.1 Å². The molecular formula is C22H22F5N3O. The van der Waals surface area contributed by atoms with Crippen molar-refractivity contribution in [1.29, 1.82) is 5.26 Å². The summed E-state index contributed by atoms with van der Waals surface area (Å²) in [5.74, 6) is -2.37. The van der Waals surface area contributed by atoms with Crippen molar-refractivity contribution in [3.63, 3.8) is 0 Å². The molecule has 2 N–H and O–H groups in total. The first-order chi connectivity index (χ1) is 14.5. The van der Waals surface area contributed by atoms with Crippen molar-refractivity contribution in [1.82, 2.24) is 10.6 Å². The minimum absolute atomic E-state index is 0.0792. The van der Waals surface area contributed by atoms with Crippen LogP contribution in [0.5, 0.6) is 0 Å². The molecule has 0 spiro atoms. The van der Waals surface area contributed by atoms with Gasteiger partial charge >= 0.3 is 6.18 Å². The average molecular weight is 439 g/mol. The molecule has 0 unspecified atom stereocenters. The molecule has 0 aliphatic rings. The van der Waals surface area contributed by atoms with E-state index in [1.165, 1.54) is 24.3 Å². The number of nitriles is 1. The molecule has 2 atom stereocenters. The highest BCUT2D eigenvalue weighted by Crippen LogP contribution is 2.34. The number of benzene rings is 2. The molecule has 2 rings (SSSR count). The molecule has 166 valence electrons. The fourth-order valence-corrected chi connectivity index (χ4v) is 3.14. The van der Waals surface area contributed by atoms with Crippen LogP contribution in [0.3, 0.4) is 0 Å². The van der Waals surface area contributed by atoms with Gasteiger partial charge < -0.3 is 5.32 Å². The van der Waals surface area contributed by atoms with Crippen LogP contribution < -0.4 is 10.6 Å². The van der Waals surface area contributed by atoms with Gasteiger partial charge in [-0.3, -0.25) is 10.1 Å². The third-order valence-corrected chi connectivity index (χ3v) is 4.50. The SMILES string of the molecule is CC(C)C[C@H](N[C@@H](c1ccc(-c2cc(F)cc(F)c2)cc1)C(F)(F)F)C(=O)NCC#N. The Kier molecular flexibility index (Phi) is 8.11. The zero-order valence-corrected chi connectivity index (χ0v) is 16.9. The molecule has 0 aromatic heterocycles. The summed E-state index contributed by atoms with van der Waals surface area (Å²) in [6, 6.07) is 6.31. The highest BCUT2D eigenvalue weighted by molar-refractivity contribution is 5.82. The Morgan fingerprint density at radius 3 is 2.10 bits per heavy atom. The van der Waals surface area contributed by atoms with E-state index in [2.05, 4.69) is 10.6 Å². The van der Waals surface area contributed by atoms with Crippen LogP contribution in [-0.2, 0) is 4.79 Å². The number of hydrogen-bond acceptors (Lipinski definition) is 3. The summed E-state index contributed by atoms with van der Waals surface area (Å²) in [4.78, 5) is 12.3. The number of halogens is 5. The molecule has 9 heteroatoms. The van der Waals surface area contributed by atoms with Crippen LogP contribution in [0.15, 0.2) is 42.5 Å². The molecule has 31 heavy (non-hydrogen) atoms. The number of carbonyl (C=O) groups excluding carboxylic acids is 1. The number of nitrogens with one attached hydrogen (secondary N) is 2. The second-order valence-corrected chi connectivity index (χ2v) is 7.48. The largest absolute Gasteiger partial charge is 0.407 e. The van der Waals surface area contributed by atoms with E-state index < -0.39 is 35.8 Å². The van der Waals surface area contributed by atoms with Crippen molar-refractivity contribution in [3.8, 4) is 17.2 Å². The lowest BCUT2D eigenvalue weighted by Gasteiger charge is -2.28. The van der Waals surface area contributed by atoms with Gasteiger partial charge in [0.1, 0.15) is 24.2 Å². The summed E-state index contributed by atoms with van der Waals surface area (Å²) in [5.41, 5.74) is 0.373. The van der Waals surface area contributed by atoms with E-state index in [-0.39, 0.29) is 30.0 Å². The van der Waals surface area contributed by atoms with Crippen LogP contribution in [0.25, 0.3) is 11.1 Å². The lowest BCUT2D eigenvalue weighted by Crippen LogP contribution is -2.49. The molecule has 0 aliphatic heterocycles. The van der Waals surface area contributed by atoms with Crippen LogP contribution in [0.1, 0.15) is 31.9 Å². The zero-order chi connectivity index (χ0) is 23.2. The minimum Gasteiger partial charge on any atom is -0.342 e. The topological polar surface area (TPSA) is 64.9 Å². The van der Waals surface area contributed by atoms with E-state index in [1.807, 2.05) is 0 Å². The molecule has 0 bridgehead atoms. The Morgan fingerprint density at radius 2 is 1.61 bits per heavy atom. The van der Waals surface area contributed by atoms with Crippen molar-refractivity contribution < 1.29 is 26.7 Å². The monoisotopic (exact) mass is 439 g/mol. The van der Waals surface area contributed by atoms with Crippen molar-refractivity contribution in [2.24, 2.45) is 5.92 Å². The standard InChI is InChI=1S/C22H22F5N3O/c1-13(2)9-19(21(31)29-8-7-28)30-20(22(25,26)27)15-5-3-14(4-6-15)16-10-17(23)12-18(24)11-16/h3-6,10-13,19-20,30H,8-9H2,1-2H3,(H,29,31)/t19-,20-/m0/s1. The first kappa shape index (κ1) is 24.3. The lowest BCUT2D eigenvalue weighted by atomic mass is 9.97. The third kappa shape index (κ3) is 7.03. The fourth-order valence-electron chi connectivity index (χ4n) is 3.14. The maximum atomic E-state index is 13.8. The van der Waals surface area contributed by atoms with Gasteiger partial charge in [0, 0.05) is 6.07 Å². The number of hydrogen-bond donors (Lipinski definition) is 2. The number of rotatable bonds is 8. The predicted octanol–water partition coefficient (Wildman–Crippen LogP) is 4.88. The highest BCUT2D eigenvalue weighted by Gasteiger charge is 2.42. The summed E-state index contributed by atoms with van der Waals surface area (Å²) in [7, 11) is 0. The highest BCUT2D eigenvalue weighted by atomic mass is 19.4. The van der Waals surface area contributed by atoms with E-state index in [1.54, 1.807) is 19.9 Å². The summed E-state index contributed by atoms with van der Waals surface area (Å²) in [5, 5.41) is 13.3. The molecule has 0 heterocycles. The van der Waals surface area contributed by atoms with E-state index >= 15 is 0 Å². The Morgan fingerprint density at radius 1 is 1.03 bits per heavy atom. The molecule has 0 fully saturated rings. The third-order valence-electron chi connectivity index (χ3n) is 4.50. The smallest absolute Gasteiger partial charge is 0.342 e. The van der Waals surface area contributed by atoms with Crippen molar-refractivity contribution >= 4 is 5.91 Å². The Balaban J connectivity index is 2.32. The second-order valence-electron chi connectivity index (χ2n) is 7.48. The van der Waals surface area contributed by atoms with Gasteiger partial charge in [0.25, 0.3) is 0 Å². The molecule has 0 aliphatic carbocycles. The van der Waals surface area contributed by atoms with Gasteiger partial charge in [-0.15, -0.1) is 0 Å². The van der Waals surface area contributed by atoms with Crippen LogP contribution in [0.4, 0.5) is 22.0 Å². The molecule has 2 aromatic rings. The van der Waals surface area contributed by atoms with E-state index in [0.29, 0.717) is 11.6 Å². The summed E-state index contributed by atoms with van der Waals surface area (Å²) < 4.78 is 68.3. The molecule has 0 radical (unpaired) electrons. The maximum Gasteiger partial charge on any atom is 0.407 e. The van der Waals surface area contributed by atoms with Gasteiger partial charge in [-0.05, 0) is 41.2 Å². The van der Waals surface area contributed by atoms with Crippen LogP contribution >= 0.6 is 0 Å². The molecule has 0 saturated carbocycles. The van der Waals surface area contributed by atoms with Gasteiger partial charge in [-0.2, -0.15) is 18.4 Å². The first-order valence-electron chi connectivity index (χ1n) is 9.55. The quantitative estimate of drug-likeness (QED) is 0.455. The van der Waals surface area contributed by atoms with Crippen molar-refractivity contribution in [2.75, 3.05) is 6.54 Å². The fraction of sp³-hybridized carbons (Fsp3) is 0.364. The van der Waals surface area contributed by atoms with E-state index in [0.717, 1.165) is 12.1 Å². The van der Waals surface area contributed by atoms with Crippen molar-refractivity contribution in [2.45, 2.75) is 38.5 Å². The molecule has 0 saturated heterocycles. The Labute approximate surface area is 177 Å². The Bertz CT molecular complexity index is 915. The molecule has 2 aromatic carbocycles. The number of alkyl halides is 3. The number of amides is 1. The molecule has 4 nitrogen and oxygen atoms in total. The van der Waals surface area contributed by atoms with Gasteiger partial charge in [-0.25, -0.2) is 8.78 Å². The minimum atomic E-state index is -4.71. The average Bonchev–Trinajstić information content (AvgIpc) is 2.67. The van der Waals surface area contributed by atoms with Crippen LogP contribution in [0, 0.1) is 28.9 Å². The zero-order valence-electron chi connectivity index (χ0n) is 16.9. The molecular weight excluding hydrogens is 417 g/mol. The molecule has 1 amide bonds. The first-order valence-corrected chi connectivity index (χ1v) is 9.55. The van der Waals surface area contributed by atoms with Crippen molar-refractivity contribution in [3.05, 3.63) is 59.7 Å². The number of nitrogens with zero attached hydrogens (tertiary/aromatic N) is 1. The summed E-state index contributed by atoms with van der Waals surface area (Å²) >= 11 is 0. The Hall–Kier alpha value is -2.99. The van der Waals surface area contributed by atoms with Gasteiger partial charge in [-0.1, -0.05) is 38.1 Å². The van der Waals surface area contributed by atoms with Gasteiger partial charge in [0.15, 0.2) is 0 Å². The van der Waals surface area contributed by atoms with Gasteiger partial charge in [0.2, 0.25) is 5.91 Å². The number of carbonyl (C=O) groups is 1. The summed E-state index contributed by atoms with van der Waals surface area (Å²) in [6.07, 6.45) is -4.58. The van der Waals surface area contributed by atoms with E-state index in [4.69, 9.17) is 5.26 Å². The van der Waals surface area contributed by atoms with Crippen LogP contribution in [0.2, 0.25) is 0 Å². The van der Waals surface area contributed by atoms with E-state index in [9.17, 15) is 26.7 Å².